The second-order valence-electron chi connectivity index (χ2n) is 6.26. The molecule has 0 aliphatic carbocycles. The normalized spacial score (nSPS) is 15.7. The molecule has 24 heavy (non-hydrogen) atoms. The van der Waals surface area contributed by atoms with Gasteiger partial charge in [-0.2, -0.15) is 5.10 Å². The third-order valence-corrected chi connectivity index (χ3v) is 4.74. The number of nitrogens with two attached hydrogens (primary N) is 1. The molecule has 4 rings (SSSR count). The van der Waals surface area contributed by atoms with Crippen LogP contribution in [0.2, 0.25) is 0 Å². The van der Waals surface area contributed by atoms with Gasteiger partial charge in [-0.3, -0.25) is 9.48 Å². The zero-order valence-electron chi connectivity index (χ0n) is 13.4. The van der Waals surface area contributed by atoms with Crippen molar-refractivity contribution in [3.05, 3.63) is 54.2 Å². The minimum absolute atomic E-state index is 0.357. The number of amides is 1. The van der Waals surface area contributed by atoms with E-state index in [-0.39, 0.29) is 0 Å². The van der Waals surface area contributed by atoms with Crippen molar-refractivity contribution in [2.45, 2.75) is 18.9 Å². The lowest BCUT2D eigenvalue weighted by Gasteiger charge is -2.24. The molecule has 3 N–H and O–H groups in total. The predicted molar refractivity (Wildman–Crippen MR) is 94.8 cm³/mol. The van der Waals surface area contributed by atoms with Gasteiger partial charge in [-0.15, -0.1) is 0 Å². The third-order valence-electron chi connectivity index (χ3n) is 4.74. The highest BCUT2D eigenvalue weighted by atomic mass is 16.1. The summed E-state index contributed by atoms with van der Waals surface area (Å²) in [6, 6.07) is 14.4. The van der Waals surface area contributed by atoms with Gasteiger partial charge in [0, 0.05) is 5.39 Å². The van der Waals surface area contributed by atoms with Crippen LogP contribution in [0, 0.1) is 0 Å². The summed E-state index contributed by atoms with van der Waals surface area (Å²) in [5.74, 6) is -0.414. The van der Waals surface area contributed by atoms with Crippen LogP contribution in [-0.2, 0) is 0 Å². The molecule has 5 heteroatoms. The lowest BCUT2D eigenvalue weighted by Crippen LogP contribution is -2.29. The predicted octanol–water partition coefficient (Wildman–Crippen LogP) is 2.73. The molecule has 0 unspecified atom stereocenters. The lowest BCUT2D eigenvalue weighted by molar-refractivity contribution is 0.100. The zero-order chi connectivity index (χ0) is 16.5. The van der Waals surface area contributed by atoms with E-state index >= 15 is 0 Å². The van der Waals surface area contributed by atoms with E-state index in [0.717, 1.165) is 48.0 Å². The summed E-state index contributed by atoms with van der Waals surface area (Å²) in [5, 5.41) is 8.79. The van der Waals surface area contributed by atoms with E-state index in [1.807, 2.05) is 36.4 Å². The maximum absolute atomic E-state index is 12.0. The van der Waals surface area contributed by atoms with Crippen LogP contribution in [0.5, 0.6) is 0 Å². The highest BCUT2D eigenvalue weighted by Gasteiger charge is 2.20. The highest BCUT2D eigenvalue weighted by molar-refractivity contribution is 6.07. The van der Waals surface area contributed by atoms with Crippen molar-refractivity contribution in [2.75, 3.05) is 13.1 Å². The number of carbonyl (C=O) groups excluding carboxylic acids is 1. The van der Waals surface area contributed by atoms with Gasteiger partial charge in [0.15, 0.2) is 0 Å². The van der Waals surface area contributed by atoms with Crippen LogP contribution in [0.25, 0.3) is 22.0 Å². The molecule has 122 valence electrons. The molecule has 1 fully saturated rings. The minimum atomic E-state index is -0.414. The molecule has 0 saturated carbocycles. The van der Waals surface area contributed by atoms with Crippen molar-refractivity contribution < 1.29 is 4.79 Å². The van der Waals surface area contributed by atoms with Crippen LogP contribution in [-0.4, -0.2) is 28.8 Å². The monoisotopic (exact) mass is 320 g/mol. The number of hydrogen-bond acceptors (Lipinski definition) is 3. The van der Waals surface area contributed by atoms with E-state index in [1.165, 1.54) is 0 Å². The van der Waals surface area contributed by atoms with Gasteiger partial charge in [0.25, 0.3) is 0 Å². The topological polar surface area (TPSA) is 72.9 Å². The molecule has 0 bridgehead atoms. The SMILES string of the molecule is NC(=O)c1cc(-c2ccccc2)cc2c1cnn2C1CCNCC1. The fourth-order valence-corrected chi connectivity index (χ4v) is 3.49. The summed E-state index contributed by atoms with van der Waals surface area (Å²) in [5.41, 5.74) is 9.21. The summed E-state index contributed by atoms with van der Waals surface area (Å²) in [7, 11) is 0. The van der Waals surface area contributed by atoms with E-state index in [1.54, 1.807) is 6.20 Å². The number of rotatable bonds is 3. The van der Waals surface area contributed by atoms with Gasteiger partial charge in [-0.25, -0.2) is 0 Å². The first-order valence-electron chi connectivity index (χ1n) is 8.31. The summed E-state index contributed by atoms with van der Waals surface area (Å²) < 4.78 is 2.06. The van der Waals surface area contributed by atoms with Gasteiger partial charge in [0.05, 0.1) is 23.3 Å². The second-order valence-corrected chi connectivity index (χ2v) is 6.26. The maximum Gasteiger partial charge on any atom is 0.249 e. The lowest BCUT2D eigenvalue weighted by atomic mass is 9.99. The molecule has 0 spiro atoms. The molecular weight excluding hydrogens is 300 g/mol. The molecule has 1 saturated heterocycles. The van der Waals surface area contributed by atoms with E-state index in [9.17, 15) is 4.79 Å². The molecule has 1 aromatic heterocycles. The Bertz CT molecular complexity index is 879. The number of nitrogens with zero attached hydrogens (tertiary/aromatic N) is 2. The summed E-state index contributed by atoms with van der Waals surface area (Å²) in [4.78, 5) is 12.0. The number of hydrogen-bond donors (Lipinski definition) is 2. The van der Waals surface area contributed by atoms with Crippen LogP contribution in [0.4, 0.5) is 0 Å². The Labute approximate surface area is 140 Å². The van der Waals surface area contributed by atoms with Crippen LogP contribution >= 0.6 is 0 Å². The van der Waals surface area contributed by atoms with Crippen LogP contribution < -0.4 is 11.1 Å². The Morgan fingerprint density at radius 2 is 1.88 bits per heavy atom. The fourth-order valence-electron chi connectivity index (χ4n) is 3.49. The first-order valence-corrected chi connectivity index (χ1v) is 8.31. The first-order chi connectivity index (χ1) is 11.7. The van der Waals surface area contributed by atoms with Crippen molar-refractivity contribution in [1.29, 1.82) is 0 Å². The van der Waals surface area contributed by atoms with Crippen molar-refractivity contribution in [2.24, 2.45) is 5.73 Å². The van der Waals surface area contributed by atoms with Crippen molar-refractivity contribution >= 4 is 16.8 Å². The Morgan fingerprint density at radius 3 is 2.58 bits per heavy atom. The second kappa shape index (κ2) is 6.09. The molecular formula is C19H20N4O. The molecule has 5 nitrogen and oxygen atoms in total. The molecule has 1 aliphatic heterocycles. The Morgan fingerprint density at radius 1 is 1.12 bits per heavy atom. The maximum atomic E-state index is 12.0. The summed E-state index contributed by atoms with van der Waals surface area (Å²) in [6.07, 6.45) is 3.85. The number of benzene rings is 2. The quantitative estimate of drug-likeness (QED) is 0.779. The van der Waals surface area contributed by atoms with E-state index in [0.29, 0.717) is 11.6 Å². The Kier molecular flexibility index (Phi) is 3.78. The van der Waals surface area contributed by atoms with Crippen molar-refractivity contribution in [3.8, 4) is 11.1 Å². The van der Waals surface area contributed by atoms with Crippen molar-refractivity contribution in [1.82, 2.24) is 15.1 Å². The van der Waals surface area contributed by atoms with E-state index in [4.69, 9.17) is 5.73 Å². The van der Waals surface area contributed by atoms with Crippen LogP contribution in [0.3, 0.4) is 0 Å². The van der Waals surface area contributed by atoms with E-state index in [2.05, 4.69) is 21.2 Å². The smallest absolute Gasteiger partial charge is 0.249 e. The van der Waals surface area contributed by atoms with Gasteiger partial charge in [-0.05, 0) is 49.2 Å². The van der Waals surface area contributed by atoms with E-state index < -0.39 is 5.91 Å². The minimum Gasteiger partial charge on any atom is -0.366 e. The first kappa shape index (κ1) is 14.9. The standard InChI is InChI=1S/C19H20N4O/c20-19(24)16-10-14(13-4-2-1-3-5-13)11-18-17(16)12-22-23(18)15-6-8-21-9-7-15/h1-5,10-12,15,21H,6-9H2,(H2,20,24). The number of fused-ring (bicyclic) bond motifs is 1. The van der Waals surface area contributed by atoms with Gasteiger partial charge < -0.3 is 11.1 Å². The number of primary amides is 1. The number of nitrogens with one attached hydrogen (secondary N) is 1. The van der Waals surface area contributed by atoms with Gasteiger partial charge in [0.2, 0.25) is 5.91 Å². The number of piperidine rings is 1. The molecule has 0 radical (unpaired) electrons. The average molecular weight is 320 g/mol. The highest BCUT2D eigenvalue weighted by Crippen LogP contribution is 2.31. The molecule has 0 atom stereocenters. The third kappa shape index (κ3) is 2.57. The molecule has 1 aliphatic rings. The number of aromatic nitrogens is 2. The summed E-state index contributed by atoms with van der Waals surface area (Å²) in [6.45, 7) is 1.99. The summed E-state index contributed by atoms with van der Waals surface area (Å²) >= 11 is 0. The molecule has 2 aromatic carbocycles. The van der Waals surface area contributed by atoms with Crippen molar-refractivity contribution in [3.63, 3.8) is 0 Å². The Hall–Kier alpha value is -2.66. The fraction of sp³-hybridized carbons (Fsp3) is 0.263. The van der Waals surface area contributed by atoms with Crippen LogP contribution in [0.15, 0.2) is 48.7 Å². The van der Waals surface area contributed by atoms with Gasteiger partial charge in [-0.1, -0.05) is 30.3 Å². The van der Waals surface area contributed by atoms with Gasteiger partial charge in [0.1, 0.15) is 0 Å². The van der Waals surface area contributed by atoms with Gasteiger partial charge >= 0.3 is 0 Å². The number of carbonyl (C=O) groups is 1. The largest absolute Gasteiger partial charge is 0.366 e. The zero-order valence-corrected chi connectivity index (χ0v) is 13.4. The molecule has 1 amide bonds. The molecule has 2 heterocycles. The Balaban J connectivity index is 1.91. The van der Waals surface area contributed by atoms with Crippen LogP contribution in [0.1, 0.15) is 29.2 Å². The molecule has 3 aromatic rings. The average Bonchev–Trinajstić information content (AvgIpc) is 3.06.